The molecule has 22 nitrogen and oxygen atoms in total. The van der Waals surface area contributed by atoms with Crippen LogP contribution >= 0.6 is 0 Å². The number of hydrogen-bond donors (Lipinski definition) is 4. The van der Waals surface area contributed by atoms with Crippen LogP contribution in [0.4, 0.5) is 9.59 Å². The summed E-state index contributed by atoms with van der Waals surface area (Å²) < 4.78 is 50.2. The molecule has 4 aromatic heterocycles. The Bertz CT molecular complexity index is 4800. The van der Waals surface area contributed by atoms with Gasteiger partial charge in [-0.1, -0.05) is 213 Å². The quantitative estimate of drug-likeness (QED) is 0.0223. The number of nitrogens with one attached hydrogen (secondary N) is 2. The van der Waals surface area contributed by atoms with Gasteiger partial charge in [-0.15, -0.1) is 0 Å². The Morgan fingerprint density at radius 3 is 1.33 bits per heavy atom. The summed E-state index contributed by atoms with van der Waals surface area (Å²) in [4.78, 5) is 89.7. The summed E-state index contributed by atoms with van der Waals surface area (Å²) in [7, 11) is 0. The lowest BCUT2D eigenvalue weighted by molar-refractivity contribution is -0.162. The van der Waals surface area contributed by atoms with Gasteiger partial charge in [-0.05, 0) is 105 Å². The maximum atomic E-state index is 14.3. The van der Waals surface area contributed by atoms with E-state index in [9.17, 15) is 39.0 Å². The van der Waals surface area contributed by atoms with E-state index < -0.39 is 103 Å². The van der Waals surface area contributed by atoms with Crippen LogP contribution in [-0.4, -0.2) is 116 Å². The number of fused-ring (bicyclic) bond motifs is 8. The van der Waals surface area contributed by atoms with Crippen LogP contribution in [0.5, 0.6) is 0 Å². The van der Waals surface area contributed by atoms with Crippen molar-refractivity contribution in [3.8, 4) is 44.9 Å². The highest BCUT2D eigenvalue weighted by atomic mass is 16.6. The Balaban J connectivity index is 0.000000285. The molecule has 2 amide bonds. The lowest BCUT2D eigenvalue weighted by Gasteiger charge is -2.26. The molecule has 552 valence electrons. The van der Waals surface area contributed by atoms with E-state index >= 15 is 0 Å². The van der Waals surface area contributed by atoms with Crippen molar-refractivity contribution in [3.05, 3.63) is 224 Å². The van der Waals surface area contributed by atoms with Crippen LogP contribution in [0.25, 0.3) is 67.1 Å². The largest absolute Gasteiger partial charge is 0.461 e. The van der Waals surface area contributed by atoms with Gasteiger partial charge in [0.1, 0.15) is 74.2 Å². The number of unbranched alkanes of at least 4 members (excludes halogenated alkanes) is 4. The summed E-state index contributed by atoms with van der Waals surface area (Å²) in [6, 6.07) is 49.7. The van der Waals surface area contributed by atoms with Crippen molar-refractivity contribution in [2.45, 2.75) is 167 Å². The first kappa shape index (κ1) is 73.8. The number of furan rings is 2. The van der Waals surface area contributed by atoms with E-state index in [0.29, 0.717) is 22.3 Å². The van der Waals surface area contributed by atoms with Crippen LogP contribution in [0, 0.1) is 11.8 Å². The Hall–Kier alpha value is -10.5. The van der Waals surface area contributed by atoms with Crippen molar-refractivity contribution < 1.29 is 66.6 Å². The number of hydrogen-bond acceptors (Lipinski definition) is 18. The van der Waals surface area contributed by atoms with Crippen molar-refractivity contribution in [2.24, 2.45) is 11.8 Å². The molecule has 0 spiro atoms. The molecular formula is C84H90N6O16. The summed E-state index contributed by atoms with van der Waals surface area (Å²) in [6.45, 7) is 10.8. The first-order chi connectivity index (χ1) is 51.4. The highest BCUT2D eigenvalue weighted by molar-refractivity contribution is 5.85. The van der Waals surface area contributed by atoms with Crippen molar-refractivity contribution in [1.29, 1.82) is 0 Å². The number of carbonyl (C=O) groups excluding carboxylic acids is 4. The van der Waals surface area contributed by atoms with Gasteiger partial charge in [0.2, 0.25) is 11.4 Å². The fourth-order valence-electron chi connectivity index (χ4n) is 14.6. The molecule has 4 N–H and O–H groups in total. The van der Waals surface area contributed by atoms with Gasteiger partial charge in [0.15, 0.2) is 0 Å². The van der Waals surface area contributed by atoms with Crippen molar-refractivity contribution in [2.75, 3.05) is 26.4 Å². The second-order valence-corrected chi connectivity index (χ2v) is 28.4. The fraction of sp³-hybridized carbons (Fsp3) is 0.381. The van der Waals surface area contributed by atoms with E-state index in [0.717, 1.165) is 87.7 Å². The number of nitrogens with zero attached hydrogens (tertiary/aromatic N) is 4. The first-order valence-corrected chi connectivity index (χ1v) is 36.9. The Labute approximate surface area is 614 Å². The number of aryl methyl sites for hydroxylation is 2. The van der Waals surface area contributed by atoms with Crippen molar-refractivity contribution in [1.82, 2.24) is 29.7 Å². The van der Waals surface area contributed by atoms with Gasteiger partial charge in [-0.25, -0.2) is 28.8 Å². The van der Waals surface area contributed by atoms with E-state index in [1.54, 1.807) is 46.2 Å². The molecule has 22 heteroatoms. The zero-order chi connectivity index (χ0) is 74.1. The van der Waals surface area contributed by atoms with Gasteiger partial charge in [-0.3, -0.25) is 9.13 Å². The molecule has 106 heavy (non-hydrogen) atoms. The number of alkyl carbamates (subject to hydrolysis) is 2. The zero-order valence-electron chi connectivity index (χ0n) is 60.4. The highest BCUT2D eigenvalue weighted by Crippen LogP contribution is 2.46. The third-order valence-electron chi connectivity index (χ3n) is 20.4. The maximum Gasteiger partial charge on any atom is 0.407 e. The molecule has 2 saturated heterocycles. The fourth-order valence-corrected chi connectivity index (χ4v) is 14.6. The molecule has 0 radical (unpaired) electrons. The Morgan fingerprint density at radius 2 is 0.925 bits per heavy atom. The molecule has 2 aliphatic heterocycles. The molecule has 4 aliphatic rings. The standard InChI is InChI=1S/C62H64N4O11.C22H26N2O5/c1-6-7-8-17-38-26-28-39(29-27-38)51-30-40-32-66(60(69)65-57(40)76-51)54-31-52(77-59(68)56(37(4)5)64-62(71)74-34-50-47-24-15-11-20-43(47)44-21-12-16-25-48(44)50)53(75-54)35-72-58(67)55(36(2)3)63-61(70)73-33-49-45-22-13-9-18-41(45)42-19-10-14-23-46(42)49;1-2-3-4-5-14-6-8-15(9-7-14)18-10-16-12-24(22(27)23-21(16)29-18)20-11-17(26)19(13-25)28-20/h9-16,18-30,32,36-37,49-50,52-56H,6-8,17,31,33-35H2,1-5H3,(H,63,70)(H,64,71);6-10,12,17,19-20,25-26H,2-5,11,13H2,1H3/t52?,53-,54-,55?,56?;17?,19-,20-/m11/s1. The van der Waals surface area contributed by atoms with Crippen molar-refractivity contribution in [3.63, 3.8) is 0 Å². The molecule has 2 fully saturated rings. The monoisotopic (exact) mass is 1440 g/mol. The smallest absolute Gasteiger partial charge is 0.407 e. The minimum Gasteiger partial charge on any atom is -0.461 e. The summed E-state index contributed by atoms with van der Waals surface area (Å²) in [5.74, 6) is -1.65. The average Bonchev–Trinajstić information content (AvgIpc) is 1.53. The van der Waals surface area contributed by atoms with Gasteiger partial charge in [-0.2, -0.15) is 9.97 Å². The van der Waals surface area contributed by atoms with E-state index in [1.807, 2.05) is 127 Å². The lowest BCUT2D eigenvalue weighted by atomic mass is 9.98. The summed E-state index contributed by atoms with van der Waals surface area (Å²) >= 11 is 0. The Morgan fingerprint density at radius 1 is 0.519 bits per heavy atom. The van der Waals surface area contributed by atoms with E-state index in [2.05, 4.69) is 58.7 Å². The second-order valence-electron chi connectivity index (χ2n) is 28.4. The molecule has 0 bridgehead atoms. The average molecular weight is 1440 g/mol. The van der Waals surface area contributed by atoms with Crippen LogP contribution in [0.2, 0.25) is 0 Å². The molecular weight excluding hydrogens is 1350 g/mol. The van der Waals surface area contributed by atoms with Gasteiger partial charge >= 0.3 is 35.5 Å². The molecule has 6 aromatic carbocycles. The van der Waals surface area contributed by atoms with E-state index in [4.69, 9.17) is 37.3 Å². The van der Waals surface area contributed by atoms with Gasteiger partial charge in [0.25, 0.3) is 0 Å². The normalized spacial score (nSPS) is 18.5. The maximum absolute atomic E-state index is 14.3. The third-order valence-corrected chi connectivity index (χ3v) is 20.4. The number of aliphatic hydroxyl groups excluding tert-OH is 2. The minimum atomic E-state index is -1.16. The van der Waals surface area contributed by atoms with Gasteiger partial charge in [0.05, 0.1) is 23.5 Å². The number of aromatic nitrogens is 4. The van der Waals surface area contributed by atoms with Crippen molar-refractivity contribution >= 4 is 46.3 Å². The van der Waals surface area contributed by atoms with Crippen LogP contribution in [-0.2, 0) is 50.9 Å². The number of ether oxygens (including phenoxy) is 6. The summed E-state index contributed by atoms with van der Waals surface area (Å²) in [5.41, 5.74) is 12.0. The Kier molecular flexibility index (Phi) is 23.2. The summed E-state index contributed by atoms with van der Waals surface area (Å²) in [6.07, 6.45) is 5.49. The van der Waals surface area contributed by atoms with E-state index in [-0.39, 0.29) is 55.9 Å². The topological polar surface area (TPSA) is 284 Å². The molecule has 8 atom stereocenters. The highest BCUT2D eigenvalue weighted by Gasteiger charge is 2.44. The van der Waals surface area contributed by atoms with Gasteiger partial charge < -0.3 is 58.1 Å². The molecule has 4 unspecified atom stereocenters. The van der Waals surface area contributed by atoms with E-state index in [1.165, 1.54) is 39.5 Å². The molecule has 2 aliphatic carbocycles. The number of aliphatic hydroxyl groups is 2. The van der Waals surface area contributed by atoms with Gasteiger partial charge in [0, 0.05) is 48.2 Å². The van der Waals surface area contributed by atoms with Crippen LogP contribution in [0.15, 0.2) is 189 Å². The predicted octanol–water partition coefficient (Wildman–Crippen LogP) is 14.3. The number of benzene rings is 6. The number of carbonyl (C=O) groups is 4. The molecule has 14 rings (SSSR count). The number of amides is 2. The molecule has 0 saturated carbocycles. The lowest BCUT2D eigenvalue weighted by Crippen LogP contribution is -2.48. The van der Waals surface area contributed by atoms with Crippen LogP contribution < -0.4 is 22.0 Å². The first-order valence-electron chi connectivity index (χ1n) is 36.9. The molecule has 6 heterocycles. The predicted molar refractivity (Wildman–Crippen MR) is 399 cm³/mol. The third kappa shape index (κ3) is 16.4. The minimum absolute atomic E-state index is 0.0372. The molecule has 10 aromatic rings. The summed E-state index contributed by atoms with van der Waals surface area (Å²) in [5, 5.41) is 25.8. The number of esters is 2. The zero-order valence-corrected chi connectivity index (χ0v) is 60.4. The SMILES string of the molecule is CCCCCc1ccc(-c2cc3cn([C@H]4CC(O)[C@@H](CO)O4)c(=O)nc3o2)cc1.CCCCCc1ccc(-c2cc3cn([C@H]4CC(OC(=O)C(NC(=O)OCC5c6ccccc6-c6ccccc65)C(C)C)[C@@H](COC(=O)C(NC(=O)OCC5c6ccccc6-c6ccccc65)C(C)C)O4)c(=O)nc3o2)cc1. The second kappa shape index (κ2) is 33.3. The number of rotatable bonds is 26. The van der Waals surface area contributed by atoms with Crippen LogP contribution in [0.1, 0.15) is 151 Å². The van der Waals surface area contributed by atoms with Crippen LogP contribution in [0.3, 0.4) is 0 Å².